The second-order valence-electron chi connectivity index (χ2n) is 6.95. The number of methoxy groups -OCH3 is 1. The minimum Gasteiger partial charge on any atom is -0.508 e. The summed E-state index contributed by atoms with van der Waals surface area (Å²) in [6.07, 6.45) is 0.977. The van der Waals surface area contributed by atoms with Crippen LogP contribution in [0.5, 0.6) is 5.75 Å². The van der Waals surface area contributed by atoms with Crippen LogP contribution in [-0.4, -0.2) is 24.0 Å². The molecule has 5 heteroatoms. The van der Waals surface area contributed by atoms with Crippen LogP contribution in [0.25, 0.3) is 0 Å². The van der Waals surface area contributed by atoms with Crippen LogP contribution in [0.1, 0.15) is 36.0 Å². The number of nitriles is 1. The number of aryl methyl sites for hydroxylation is 1. The minimum absolute atomic E-state index is 0.0411. The van der Waals surface area contributed by atoms with E-state index < -0.39 is 16.8 Å². The Balaban J connectivity index is 2.41. The molecule has 1 fully saturated rings. The molecule has 0 saturated heterocycles. The molecule has 5 nitrogen and oxygen atoms in total. The highest BCUT2D eigenvalue weighted by molar-refractivity contribution is 6.08. The average molecular weight is 363 g/mol. The smallest absolute Gasteiger partial charge is 0.321 e. The second-order valence-corrected chi connectivity index (χ2v) is 6.95. The Morgan fingerprint density at radius 3 is 2.15 bits per heavy atom. The third-order valence-corrected chi connectivity index (χ3v) is 5.56. The third-order valence-electron chi connectivity index (χ3n) is 5.56. The summed E-state index contributed by atoms with van der Waals surface area (Å²) < 4.78 is 5.05. The molecule has 3 rings (SSSR count). The molecule has 2 aromatic rings. The molecule has 1 saturated carbocycles. The minimum atomic E-state index is -1.62. The molecule has 1 aliphatic carbocycles. The van der Waals surface area contributed by atoms with E-state index in [1.165, 1.54) is 19.2 Å². The highest BCUT2D eigenvalue weighted by Gasteiger charge is 2.65. The van der Waals surface area contributed by atoms with Crippen molar-refractivity contribution < 1.29 is 19.4 Å². The van der Waals surface area contributed by atoms with Crippen molar-refractivity contribution in [3.63, 3.8) is 0 Å². The molecule has 0 heterocycles. The Kier molecular flexibility index (Phi) is 4.75. The first-order chi connectivity index (χ1) is 12.9. The summed E-state index contributed by atoms with van der Waals surface area (Å²) in [5, 5.41) is 20.1. The number of benzene rings is 2. The molecular formula is C22H21NO4. The van der Waals surface area contributed by atoms with Crippen molar-refractivity contribution in [1.29, 1.82) is 5.26 Å². The van der Waals surface area contributed by atoms with Crippen molar-refractivity contribution in [2.24, 2.45) is 5.41 Å². The van der Waals surface area contributed by atoms with Gasteiger partial charge >= 0.3 is 5.97 Å². The fourth-order valence-electron chi connectivity index (χ4n) is 4.21. The van der Waals surface area contributed by atoms with Crippen molar-refractivity contribution in [3.8, 4) is 11.8 Å². The van der Waals surface area contributed by atoms with Gasteiger partial charge in [-0.25, -0.2) is 0 Å². The van der Waals surface area contributed by atoms with Gasteiger partial charge < -0.3 is 9.84 Å². The van der Waals surface area contributed by atoms with Crippen molar-refractivity contribution in [2.45, 2.75) is 31.6 Å². The predicted octanol–water partition coefficient (Wildman–Crippen LogP) is 3.42. The second kappa shape index (κ2) is 6.88. The quantitative estimate of drug-likeness (QED) is 0.664. The fraction of sp³-hybridized carbons (Fsp3) is 0.318. The molecule has 0 radical (unpaired) electrons. The summed E-state index contributed by atoms with van der Waals surface area (Å²) in [6.45, 7) is 1.93. The molecule has 2 atom stereocenters. The number of carbonyl (C=O) groups excluding carboxylic acids is 2. The van der Waals surface area contributed by atoms with E-state index >= 15 is 0 Å². The highest BCUT2D eigenvalue weighted by Crippen LogP contribution is 2.55. The molecule has 0 aliphatic heterocycles. The molecule has 0 unspecified atom stereocenters. The number of esters is 1. The van der Waals surface area contributed by atoms with Crippen LogP contribution in [0.2, 0.25) is 0 Å². The maximum atomic E-state index is 13.1. The molecule has 27 heavy (non-hydrogen) atoms. The molecule has 1 aliphatic rings. The Bertz CT molecular complexity index is 863. The first kappa shape index (κ1) is 18.7. The van der Waals surface area contributed by atoms with Crippen molar-refractivity contribution in [1.82, 2.24) is 0 Å². The van der Waals surface area contributed by atoms with Crippen LogP contribution in [0.3, 0.4) is 0 Å². The van der Waals surface area contributed by atoms with Crippen LogP contribution < -0.4 is 0 Å². The first-order valence-electron chi connectivity index (χ1n) is 8.82. The fourth-order valence-corrected chi connectivity index (χ4v) is 4.21. The van der Waals surface area contributed by atoms with Gasteiger partial charge in [0.2, 0.25) is 0 Å². The first-order valence-corrected chi connectivity index (χ1v) is 8.82. The van der Waals surface area contributed by atoms with Gasteiger partial charge in [0.1, 0.15) is 11.2 Å². The Hall–Kier alpha value is -3.13. The molecule has 0 aromatic heterocycles. The number of aromatic hydroxyl groups is 1. The van der Waals surface area contributed by atoms with Gasteiger partial charge in [0.15, 0.2) is 11.2 Å². The lowest BCUT2D eigenvalue weighted by Gasteiger charge is -2.41. The summed E-state index contributed by atoms with van der Waals surface area (Å²) in [6, 6.07) is 15.7. The number of nitrogens with zero attached hydrogens (tertiary/aromatic N) is 1. The maximum Gasteiger partial charge on any atom is 0.321 e. The Morgan fingerprint density at radius 2 is 1.70 bits per heavy atom. The highest BCUT2D eigenvalue weighted by atomic mass is 16.5. The average Bonchev–Trinajstić information content (AvgIpc) is 3.07. The van der Waals surface area contributed by atoms with Crippen LogP contribution in [0.4, 0.5) is 0 Å². The SMILES string of the molecule is COC(=O)[C@]1([C@@](C#N)(c2ccc(C)cc2)c2ccc(O)cc2)CCCC1=O. The number of phenols is 1. The standard InChI is InChI=1S/C22H21NO4/c1-15-5-7-16(8-6-15)22(14-23,17-9-11-18(24)12-10-17)21(20(26)27-2)13-3-4-19(21)25/h5-12,24H,3-4,13H2,1-2H3/t21-,22-/m0/s1. The lowest BCUT2D eigenvalue weighted by molar-refractivity contribution is -0.159. The Morgan fingerprint density at radius 1 is 1.15 bits per heavy atom. The van der Waals surface area contributed by atoms with Crippen LogP contribution >= 0.6 is 0 Å². The van der Waals surface area contributed by atoms with Crippen molar-refractivity contribution >= 4 is 11.8 Å². The summed E-state index contributed by atoms with van der Waals surface area (Å²) in [7, 11) is 1.24. The van der Waals surface area contributed by atoms with Gasteiger partial charge in [-0.15, -0.1) is 0 Å². The largest absolute Gasteiger partial charge is 0.508 e. The van der Waals surface area contributed by atoms with E-state index in [0.717, 1.165) is 5.56 Å². The van der Waals surface area contributed by atoms with E-state index in [4.69, 9.17) is 4.74 Å². The molecule has 0 spiro atoms. The molecule has 0 amide bonds. The number of ketones is 1. The zero-order valence-corrected chi connectivity index (χ0v) is 15.4. The molecule has 2 aromatic carbocycles. The van der Waals surface area contributed by atoms with Crippen molar-refractivity contribution in [3.05, 3.63) is 65.2 Å². The van der Waals surface area contributed by atoms with Gasteiger partial charge in [-0.05, 0) is 43.0 Å². The lowest BCUT2D eigenvalue weighted by atomic mass is 9.56. The van der Waals surface area contributed by atoms with E-state index in [-0.39, 0.29) is 24.4 Å². The zero-order valence-electron chi connectivity index (χ0n) is 15.4. The predicted molar refractivity (Wildman–Crippen MR) is 99.0 cm³/mol. The van der Waals surface area contributed by atoms with Crippen LogP contribution in [0, 0.1) is 23.7 Å². The summed E-state index contributed by atoms with van der Waals surface area (Å²) in [5.41, 5.74) is -1.13. The lowest BCUT2D eigenvalue weighted by Crippen LogP contribution is -2.54. The molecule has 138 valence electrons. The topological polar surface area (TPSA) is 87.4 Å². The van der Waals surface area contributed by atoms with Crippen LogP contribution in [-0.2, 0) is 19.7 Å². The van der Waals surface area contributed by atoms with E-state index in [9.17, 15) is 20.0 Å². The van der Waals surface area contributed by atoms with Gasteiger partial charge in [0, 0.05) is 6.42 Å². The number of ether oxygens (including phenoxy) is 1. The maximum absolute atomic E-state index is 13.1. The summed E-state index contributed by atoms with van der Waals surface area (Å²) in [4.78, 5) is 26.1. The number of rotatable bonds is 4. The van der Waals surface area contributed by atoms with Gasteiger partial charge in [-0.2, -0.15) is 5.26 Å². The van der Waals surface area contributed by atoms with E-state index in [0.29, 0.717) is 17.5 Å². The van der Waals surface area contributed by atoms with Crippen LogP contribution in [0.15, 0.2) is 48.5 Å². The molecular weight excluding hydrogens is 342 g/mol. The van der Waals surface area contributed by atoms with Crippen molar-refractivity contribution in [2.75, 3.05) is 7.11 Å². The Labute approximate surface area is 158 Å². The van der Waals surface area contributed by atoms with Gasteiger partial charge in [-0.3, -0.25) is 9.59 Å². The number of carbonyl (C=O) groups is 2. The number of hydrogen-bond acceptors (Lipinski definition) is 5. The number of phenolic OH excluding ortho intramolecular Hbond substituents is 1. The van der Waals surface area contributed by atoms with Gasteiger partial charge in [0.05, 0.1) is 13.2 Å². The molecule has 0 bridgehead atoms. The van der Waals surface area contributed by atoms with Gasteiger partial charge in [0.25, 0.3) is 0 Å². The zero-order chi connectivity index (χ0) is 19.7. The summed E-state index contributed by atoms with van der Waals surface area (Å²) >= 11 is 0. The van der Waals surface area contributed by atoms with E-state index in [1.807, 2.05) is 19.1 Å². The number of hydrogen-bond donors (Lipinski definition) is 1. The molecule has 1 N–H and O–H groups in total. The summed E-state index contributed by atoms with van der Waals surface area (Å²) in [5.74, 6) is -0.941. The normalized spacial score (nSPS) is 21.3. The number of Topliss-reactive ketones (excluding diaryl/α,β-unsaturated/α-hetero) is 1. The van der Waals surface area contributed by atoms with E-state index in [2.05, 4.69) is 6.07 Å². The van der Waals surface area contributed by atoms with E-state index in [1.54, 1.807) is 24.3 Å². The van der Waals surface area contributed by atoms with Gasteiger partial charge in [-0.1, -0.05) is 42.0 Å². The monoisotopic (exact) mass is 363 g/mol. The third kappa shape index (κ3) is 2.60.